The van der Waals surface area contributed by atoms with E-state index in [0.717, 1.165) is 5.56 Å². The molecule has 9 rings (SSSR count). The maximum absolute atomic E-state index is 12.5. The number of esters is 3. The Labute approximate surface area is 551 Å². The van der Waals surface area contributed by atoms with Crippen molar-refractivity contribution in [2.24, 2.45) is 0 Å². The first-order valence-corrected chi connectivity index (χ1v) is 27.9. The second kappa shape index (κ2) is 38.0. The number of carbonyl (C=O) groups is 8. The fraction of sp³-hybridized carbons (Fsp3) is 0.0423. The number of anilines is 9. The zero-order chi connectivity index (χ0) is 69.1. The van der Waals surface area contributed by atoms with Crippen molar-refractivity contribution in [1.82, 2.24) is 0 Å². The predicted octanol–water partition coefficient (Wildman–Crippen LogP) is 13.7. The molecule has 0 aliphatic carbocycles. The number of ether oxygens (including phenoxy) is 6. The van der Waals surface area contributed by atoms with Crippen LogP contribution in [0.5, 0.6) is 17.2 Å². The van der Waals surface area contributed by atoms with Gasteiger partial charge < -0.3 is 66.9 Å². The maximum atomic E-state index is 12.5. The molecule has 95 heavy (non-hydrogen) atoms. The molecule has 0 saturated carbocycles. The molecular weight excluding hydrogens is 1240 g/mol. The summed E-state index contributed by atoms with van der Waals surface area (Å²) in [6, 6.07) is 58.4. The van der Waals surface area contributed by atoms with Crippen molar-refractivity contribution in [2.75, 3.05) is 70.4 Å². The van der Waals surface area contributed by atoms with Gasteiger partial charge in [-0.25, -0.2) is 38.4 Å². The molecule has 0 aliphatic rings. The Morgan fingerprint density at radius 3 is 0.979 bits per heavy atom. The van der Waals surface area contributed by atoms with Crippen LogP contribution in [0.1, 0.15) is 47.8 Å². The summed E-state index contributed by atoms with van der Waals surface area (Å²) < 4.78 is 28.9. The zero-order valence-electron chi connectivity index (χ0n) is 50.8. The van der Waals surface area contributed by atoms with Crippen LogP contribution in [0.25, 0.3) is 0 Å². The lowest BCUT2D eigenvalue weighted by atomic mass is 10.1. The van der Waals surface area contributed by atoms with E-state index in [1.807, 2.05) is 18.2 Å². The summed E-state index contributed by atoms with van der Waals surface area (Å²) in [5.74, 6) is 6.90. The molecule has 0 aromatic heterocycles. The molecule has 12 N–H and O–H groups in total. The van der Waals surface area contributed by atoms with E-state index in [-0.39, 0.29) is 33.9 Å². The van der Waals surface area contributed by atoms with Crippen LogP contribution in [0.3, 0.4) is 0 Å². The van der Waals surface area contributed by atoms with Crippen molar-refractivity contribution in [3.63, 3.8) is 0 Å². The minimum atomic E-state index is -0.814. The molecule has 0 saturated heterocycles. The number of amides is 6. The molecule has 0 bridgehead atoms. The van der Waals surface area contributed by atoms with Crippen LogP contribution in [0.15, 0.2) is 218 Å². The molecule has 0 unspecified atom stereocenters. The van der Waals surface area contributed by atoms with Gasteiger partial charge in [-0.15, -0.1) is 19.3 Å². The normalized spacial score (nSPS) is 9.48. The quantitative estimate of drug-likeness (QED) is 0.0180. The lowest BCUT2D eigenvalue weighted by Crippen LogP contribution is -2.21. The highest BCUT2D eigenvalue weighted by Crippen LogP contribution is 2.24. The number of nitrogens with one attached hydrogen (secondary N) is 6. The van der Waals surface area contributed by atoms with E-state index in [1.165, 1.54) is 69.9 Å². The Morgan fingerprint density at radius 2 is 0.653 bits per heavy atom. The lowest BCUT2D eigenvalue weighted by molar-refractivity contribution is 0.0592. The molecule has 6 amide bonds. The first-order valence-electron chi connectivity index (χ1n) is 27.5. The number of urea groups is 2. The summed E-state index contributed by atoms with van der Waals surface area (Å²) in [4.78, 5) is 94.4. The van der Waals surface area contributed by atoms with Gasteiger partial charge in [-0.2, -0.15) is 0 Å². The van der Waals surface area contributed by atoms with Gasteiger partial charge in [0, 0.05) is 79.5 Å². The minimum absolute atomic E-state index is 0.116. The highest BCUT2D eigenvalue weighted by Gasteiger charge is 2.16. The van der Waals surface area contributed by atoms with E-state index in [9.17, 15) is 38.4 Å². The van der Waals surface area contributed by atoms with Crippen LogP contribution in [0.2, 0.25) is 0 Å². The Morgan fingerprint density at radius 1 is 0.337 bits per heavy atom. The van der Waals surface area contributed by atoms with Crippen LogP contribution < -0.4 is 63.3 Å². The van der Waals surface area contributed by atoms with Gasteiger partial charge in [0.15, 0.2) is 0 Å². The van der Waals surface area contributed by atoms with Gasteiger partial charge in [-0.3, -0.25) is 10.6 Å². The molecule has 0 aliphatic heterocycles. The topological polar surface area (TPSA) is 342 Å². The molecule has 23 nitrogen and oxygen atoms in total. The van der Waals surface area contributed by atoms with Crippen LogP contribution in [0.4, 0.5) is 75.2 Å². The Hall–Kier alpha value is -13.7. The summed E-state index contributed by atoms with van der Waals surface area (Å²) in [6.07, 6.45) is 14.3. The van der Waals surface area contributed by atoms with E-state index in [2.05, 4.69) is 59.1 Å². The number of methoxy groups -OCH3 is 3. The van der Waals surface area contributed by atoms with E-state index in [4.69, 9.17) is 67.0 Å². The Kier molecular flexibility index (Phi) is 28.8. The third-order valence-corrected chi connectivity index (χ3v) is 11.7. The zero-order valence-corrected chi connectivity index (χ0v) is 51.6. The monoisotopic (exact) mass is 1300 g/mol. The van der Waals surface area contributed by atoms with Crippen LogP contribution in [-0.4, -0.2) is 68.9 Å². The number of carbonyl (C=O) groups excluding carboxylic acids is 8. The Bertz CT molecular complexity index is 4100. The van der Waals surface area contributed by atoms with Gasteiger partial charge in [0.05, 0.1) is 38.0 Å². The van der Waals surface area contributed by atoms with E-state index in [0.29, 0.717) is 62.4 Å². The second-order valence-electron chi connectivity index (χ2n) is 18.6. The van der Waals surface area contributed by atoms with Gasteiger partial charge in [-0.05, 0) is 146 Å². The van der Waals surface area contributed by atoms with Crippen molar-refractivity contribution in [3.8, 4) is 54.3 Å². The first-order chi connectivity index (χ1) is 45.7. The first kappa shape index (κ1) is 72.1. The fourth-order valence-electron chi connectivity index (χ4n) is 7.58. The number of hydrogen-bond donors (Lipinski definition) is 9. The average Bonchev–Trinajstić information content (AvgIpc) is 0.958. The molecular formula is C71H60ClN9O14. The van der Waals surface area contributed by atoms with Gasteiger partial charge in [0.1, 0.15) is 17.2 Å². The minimum Gasteiger partial charge on any atom is -0.465 e. The molecule has 24 heteroatoms. The highest BCUT2D eigenvalue weighted by atomic mass is 35.5. The number of benzene rings is 9. The van der Waals surface area contributed by atoms with Crippen molar-refractivity contribution in [1.29, 1.82) is 0 Å². The molecule has 0 fully saturated rings. The molecule has 9 aromatic carbocycles. The predicted molar refractivity (Wildman–Crippen MR) is 365 cm³/mol. The highest BCUT2D eigenvalue weighted by molar-refractivity contribution is 6.61. The van der Waals surface area contributed by atoms with E-state index in [1.54, 1.807) is 152 Å². The van der Waals surface area contributed by atoms with Crippen molar-refractivity contribution in [3.05, 3.63) is 252 Å². The molecule has 0 heterocycles. The largest absolute Gasteiger partial charge is 0.465 e. The molecule has 480 valence electrons. The summed E-state index contributed by atoms with van der Waals surface area (Å²) in [5.41, 5.74) is 21.7. The lowest BCUT2D eigenvalue weighted by Gasteiger charge is -2.13. The molecule has 0 spiro atoms. The van der Waals surface area contributed by atoms with E-state index < -0.39 is 47.6 Å². The number of nitrogens with two attached hydrogens (primary N) is 3. The van der Waals surface area contributed by atoms with E-state index >= 15 is 0 Å². The number of rotatable bonds is 12. The van der Waals surface area contributed by atoms with Crippen LogP contribution in [0, 0.1) is 37.0 Å². The summed E-state index contributed by atoms with van der Waals surface area (Å²) in [5, 5.41) is 15.6. The average molecular weight is 1300 g/mol. The summed E-state index contributed by atoms with van der Waals surface area (Å²) >= 11 is 4.95. The van der Waals surface area contributed by atoms with Crippen LogP contribution >= 0.6 is 11.6 Å². The molecule has 0 radical (unpaired) electrons. The second-order valence-corrected chi connectivity index (χ2v) is 19.0. The third kappa shape index (κ3) is 26.5. The third-order valence-electron chi connectivity index (χ3n) is 11.6. The summed E-state index contributed by atoms with van der Waals surface area (Å²) in [7, 11) is 3.76. The number of terminal acetylenes is 3. The van der Waals surface area contributed by atoms with Gasteiger partial charge >= 0.3 is 47.6 Å². The van der Waals surface area contributed by atoms with Gasteiger partial charge in [-0.1, -0.05) is 90.6 Å². The van der Waals surface area contributed by atoms with Gasteiger partial charge in [0.25, 0.3) is 0 Å². The number of halogens is 1. The number of hydrogen-bond acceptors (Lipinski definition) is 17. The SMILES string of the molecule is C#Cc1cccc(N)c1.C#Cc1cccc(NC(=O)Nc2cc(NC(=O)Nc3cccc(C#C)c3)cc(C(=O)OC)c2)c1.COC(=O)c1cc(N)cc(N)c1.COC(=O)c1cc(NC(=O)Oc2ccccc2)cc(NC(=O)Oc2ccccc2)c1.O=C(Cl)Oc1ccccc1. The van der Waals surface area contributed by atoms with Gasteiger partial charge in [0.2, 0.25) is 0 Å². The van der Waals surface area contributed by atoms with Crippen molar-refractivity contribution in [2.45, 2.75) is 0 Å². The smallest absolute Gasteiger partial charge is 0.417 e. The Balaban J connectivity index is 0.000000239. The van der Waals surface area contributed by atoms with Crippen molar-refractivity contribution < 1.29 is 66.8 Å². The number of nitrogen functional groups attached to an aromatic ring is 3. The molecule has 9 aromatic rings. The molecule has 0 atom stereocenters. The van der Waals surface area contributed by atoms with Crippen LogP contribution in [-0.2, 0) is 14.2 Å². The number of para-hydroxylation sites is 3. The fourth-order valence-corrected chi connectivity index (χ4v) is 7.66. The standard InChI is InChI=1S/C26H20N4O4.C22H18N2O6.C8H10N2O2.C8H7N.C7H5ClO2/c1-4-17-8-6-10-20(12-17)27-25(32)29-22-14-19(24(31)34-3)15-23(16-22)30-26(33)28-21-11-7-9-18(5-2)13-21;1-28-20(25)15-12-16(23-21(26)29-18-8-4-2-5-9-18)14-17(13-15)24-22(27)30-19-10-6-3-7-11-19;1-12-8(11)5-2-6(9)4-7(10)3-5;1-2-7-4-3-5-8(9)6-7;8-7(9)10-6-4-2-1-3-5-6/h1-2,6-16H,3H3,(H2,27,29,32)(H2,28,30,33);2-14H,1H3,(H,23,26)(H,24,27);2-4H,9-10H2,1H3;1,3-6H,9H2;1-5H. The van der Waals surface area contributed by atoms with Crippen molar-refractivity contribution >= 4 is 110 Å². The summed E-state index contributed by atoms with van der Waals surface area (Å²) in [6.45, 7) is 0. The maximum Gasteiger partial charge on any atom is 0.417 e.